The van der Waals surface area contributed by atoms with Crippen molar-refractivity contribution in [2.45, 2.75) is 39.0 Å². The molecule has 0 spiro atoms. The smallest absolute Gasteiger partial charge is 0.173 e. The van der Waals surface area contributed by atoms with Gasteiger partial charge in [-0.25, -0.2) is 0 Å². The van der Waals surface area contributed by atoms with E-state index in [2.05, 4.69) is 0 Å². The van der Waals surface area contributed by atoms with E-state index in [1.165, 1.54) is 19.3 Å². The molecule has 0 unspecified atom stereocenters. The maximum absolute atomic E-state index is 12.0. The van der Waals surface area contributed by atoms with E-state index < -0.39 is 0 Å². The summed E-state index contributed by atoms with van der Waals surface area (Å²) >= 11 is 6.06. The van der Waals surface area contributed by atoms with E-state index in [0.717, 1.165) is 18.4 Å². The highest BCUT2D eigenvalue weighted by Gasteiger charge is 2.21. The molecule has 1 aliphatic rings. The Kier molecular flexibility index (Phi) is 4.65. The van der Waals surface area contributed by atoms with E-state index in [4.69, 9.17) is 16.3 Å². The Bertz CT molecular complexity index is 423. The summed E-state index contributed by atoms with van der Waals surface area (Å²) in [5.74, 6) is 1.01. The number of carbonyl (C=O) groups is 1. The van der Waals surface area contributed by atoms with Gasteiger partial charge < -0.3 is 4.74 Å². The molecular weight excluding hydrogens is 248 g/mol. The van der Waals surface area contributed by atoms with E-state index in [-0.39, 0.29) is 18.3 Å². The minimum absolute atomic E-state index is 0.146. The lowest BCUT2D eigenvalue weighted by atomic mass is 9.86. The topological polar surface area (TPSA) is 26.3 Å². The molecule has 0 radical (unpaired) electrons. The van der Waals surface area contributed by atoms with Gasteiger partial charge in [0.1, 0.15) is 12.4 Å². The summed E-state index contributed by atoms with van der Waals surface area (Å²) in [6.45, 7) is 2.12. The molecule has 1 aromatic rings. The van der Waals surface area contributed by atoms with Crippen molar-refractivity contribution in [3.05, 3.63) is 28.8 Å². The zero-order chi connectivity index (χ0) is 13.0. The van der Waals surface area contributed by atoms with Gasteiger partial charge in [0.2, 0.25) is 0 Å². The third-order valence-electron chi connectivity index (χ3n) is 3.52. The fraction of sp³-hybridized carbons (Fsp3) is 0.533. The van der Waals surface area contributed by atoms with Crippen LogP contribution in [-0.2, 0) is 4.79 Å². The number of Topliss-reactive ketones (excluding diaryl/α,β-unsaturated/α-hetero) is 1. The van der Waals surface area contributed by atoms with Gasteiger partial charge in [0.25, 0.3) is 0 Å². The van der Waals surface area contributed by atoms with Crippen LogP contribution in [0.25, 0.3) is 0 Å². The summed E-state index contributed by atoms with van der Waals surface area (Å²) in [5.41, 5.74) is 1.09. The quantitative estimate of drug-likeness (QED) is 0.817. The maximum atomic E-state index is 12.0. The summed E-state index contributed by atoms with van der Waals surface area (Å²) < 4.78 is 5.53. The van der Waals surface area contributed by atoms with Gasteiger partial charge in [0, 0.05) is 5.92 Å². The molecular formula is C15H19ClO2. The molecule has 98 valence electrons. The molecule has 1 saturated carbocycles. The summed E-state index contributed by atoms with van der Waals surface area (Å²) in [4.78, 5) is 12.0. The van der Waals surface area contributed by atoms with Crippen LogP contribution in [0.5, 0.6) is 5.75 Å². The predicted molar refractivity (Wildman–Crippen MR) is 73.3 cm³/mol. The average Bonchev–Trinajstić information content (AvgIpc) is 2.38. The van der Waals surface area contributed by atoms with Crippen molar-refractivity contribution in [3.63, 3.8) is 0 Å². The first-order chi connectivity index (χ1) is 8.66. The standard InChI is InChI=1S/C15H19ClO2/c1-11-7-8-15(13(16)9-11)18-10-14(17)12-5-3-2-4-6-12/h7-9,12H,2-6,10H2,1H3. The number of ether oxygens (including phenoxy) is 1. The number of ketones is 1. The summed E-state index contributed by atoms with van der Waals surface area (Å²) in [7, 11) is 0. The Labute approximate surface area is 113 Å². The second-order valence-electron chi connectivity index (χ2n) is 5.02. The van der Waals surface area contributed by atoms with Crippen LogP contribution in [0.1, 0.15) is 37.7 Å². The van der Waals surface area contributed by atoms with Gasteiger partial charge in [0.05, 0.1) is 5.02 Å². The zero-order valence-electron chi connectivity index (χ0n) is 10.7. The molecule has 1 fully saturated rings. The minimum Gasteiger partial charge on any atom is -0.484 e. The number of rotatable bonds is 4. The van der Waals surface area contributed by atoms with Gasteiger partial charge >= 0.3 is 0 Å². The molecule has 0 aromatic heterocycles. The Balaban J connectivity index is 1.88. The summed E-state index contributed by atoms with van der Waals surface area (Å²) in [6, 6.07) is 5.61. The maximum Gasteiger partial charge on any atom is 0.173 e. The fourth-order valence-electron chi connectivity index (χ4n) is 2.41. The van der Waals surface area contributed by atoms with Crippen molar-refractivity contribution in [1.29, 1.82) is 0 Å². The van der Waals surface area contributed by atoms with Crippen LogP contribution in [0.4, 0.5) is 0 Å². The first-order valence-corrected chi connectivity index (χ1v) is 6.96. The van der Waals surface area contributed by atoms with Crippen LogP contribution in [0.15, 0.2) is 18.2 Å². The Morgan fingerprint density at radius 2 is 2.06 bits per heavy atom. The van der Waals surface area contributed by atoms with Crippen molar-refractivity contribution in [2.24, 2.45) is 5.92 Å². The number of hydrogen-bond donors (Lipinski definition) is 0. The third-order valence-corrected chi connectivity index (χ3v) is 3.81. The molecule has 0 bridgehead atoms. The fourth-order valence-corrected chi connectivity index (χ4v) is 2.70. The van der Waals surface area contributed by atoms with E-state index >= 15 is 0 Å². The predicted octanol–water partition coefficient (Wildman–Crippen LogP) is 4.18. The number of halogens is 1. The summed E-state index contributed by atoms with van der Waals surface area (Å²) in [6.07, 6.45) is 5.63. The molecule has 2 rings (SSSR count). The number of carbonyl (C=O) groups excluding carboxylic acids is 1. The SMILES string of the molecule is Cc1ccc(OCC(=O)C2CCCCC2)c(Cl)c1. The van der Waals surface area contributed by atoms with Crippen LogP contribution in [-0.4, -0.2) is 12.4 Å². The molecule has 0 aliphatic heterocycles. The van der Waals surface area contributed by atoms with Crippen LogP contribution in [0, 0.1) is 12.8 Å². The lowest BCUT2D eigenvalue weighted by molar-refractivity contribution is -0.125. The van der Waals surface area contributed by atoms with Crippen molar-refractivity contribution in [1.82, 2.24) is 0 Å². The molecule has 2 nitrogen and oxygen atoms in total. The Morgan fingerprint density at radius 1 is 1.33 bits per heavy atom. The molecule has 1 aliphatic carbocycles. The van der Waals surface area contributed by atoms with E-state index in [1.54, 1.807) is 0 Å². The second-order valence-corrected chi connectivity index (χ2v) is 5.43. The second kappa shape index (κ2) is 6.24. The minimum atomic E-state index is 0.146. The molecule has 0 saturated heterocycles. The average molecular weight is 267 g/mol. The molecule has 0 N–H and O–H groups in total. The Hall–Kier alpha value is -1.02. The van der Waals surface area contributed by atoms with Crippen LogP contribution >= 0.6 is 11.6 Å². The number of aryl methyl sites for hydroxylation is 1. The zero-order valence-corrected chi connectivity index (χ0v) is 11.5. The van der Waals surface area contributed by atoms with E-state index in [1.807, 2.05) is 25.1 Å². The number of benzene rings is 1. The van der Waals surface area contributed by atoms with E-state index in [9.17, 15) is 4.79 Å². The summed E-state index contributed by atoms with van der Waals surface area (Å²) in [5, 5.41) is 0.575. The van der Waals surface area contributed by atoms with Crippen LogP contribution in [0.2, 0.25) is 5.02 Å². The van der Waals surface area contributed by atoms with Gasteiger partial charge in [-0.3, -0.25) is 4.79 Å². The van der Waals surface area contributed by atoms with Gasteiger partial charge in [-0.15, -0.1) is 0 Å². The van der Waals surface area contributed by atoms with Crippen molar-refractivity contribution in [2.75, 3.05) is 6.61 Å². The molecule has 18 heavy (non-hydrogen) atoms. The molecule has 3 heteroatoms. The Morgan fingerprint density at radius 3 is 2.72 bits per heavy atom. The van der Waals surface area contributed by atoms with E-state index in [0.29, 0.717) is 10.8 Å². The first kappa shape index (κ1) is 13.4. The van der Waals surface area contributed by atoms with Crippen LogP contribution in [0.3, 0.4) is 0 Å². The highest BCUT2D eigenvalue weighted by Crippen LogP contribution is 2.27. The van der Waals surface area contributed by atoms with Crippen molar-refractivity contribution >= 4 is 17.4 Å². The molecule has 0 atom stereocenters. The lowest BCUT2D eigenvalue weighted by Gasteiger charge is -2.20. The lowest BCUT2D eigenvalue weighted by Crippen LogP contribution is -2.23. The monoisotopic (exact) mass is 266 g/mol. The highest BCUT2D eigenvalue weighted by atomic mass is 35.5. The first-order valence-electron chi connectivity index (χ1n) is 6.58. The number of hydrogen-bond acceptors (Lipinski definition) is 2. The molecule has 0 heterocycles. The molecule has 1 aromatic carbocycles. The van der Waals surface area contributed by atoms with Gasteiger partial charge in [-0.1, -0.05) is 36.9 Å². The normalized spacial score (nSPS) is 16.6. The third kappa shape index (κ3) is 3.49. The van der Waals surface area contributed by atoms with Crippen molar-refractivity contribution in [3.8, 4) is 5.75 Å². The highest BCUT2D eigenvalue weighted by molar-refractivity contribution is 6.32. The van der Waals surface area contributed by atoms with Crippen LogP contribution < -0.4 is 4.74 Å². The van der Waals surface area contributed by atoms with Crippen molar-refractivity contribution < 1.29 is 9.53 Å². The molecule has 0 amide bonds. The van der Waals surface area contributed by atoms with Gasteiger partial charge in [-0.2, -0.15) is 0 Å². The van der Waals surface area contributed by atoms with Gasteiger partial charge in [0.15, 0.2) is 5.78 Å². The van der Waals surface area contributed by atoms with Gasteiger partial charge in [-0.05, 0) is 37.5 Å². The largest absolute Gasteiger partial charge is 0.484 e.